The number of carbonyl (C=O) groups excluding carboxylic acids is 1. The SMILES string of the molecule is Cc1cc([C@@H](C)N)ccc1OC(C)C(=O)NC1CC1. The van der Waals surface area contributed by atoms with Gasteiger partial charge in [0.05, 0.1) is 0 Å². The largest absolute Gasteiger partial charge is 0.481 e. The van der Waals surface area contributed by atoms with Crippen molar-refractivity contribution in [2.45, 2.75) is 51.8 Å². The maximum atomic E-state index is 11.8. The molecule has 0 heterocycles. The average Bonchev–Trinajstić information content (AvgIpc) is 3.15. The second-order valence-corrected chi connectivity index (χ2v) is 5.36. The Morgan fingerprint density at radius 3 is 2.63 bits per heavy atom. The topological polar surface area (TPSA) is 64.3 Å². The summed E-state index contributed by atoms with van der Waals surface area (Å²) in [6, 6.07) is 6.20. The molecule has 1 aliphatic carbocycles. The van der Waals surface area contributed by atoms with Gasteiger partial charge < -0.3 is 15.8 Å². The first-order valence-corrected chi connectivity index (χ1v) is 6.80. The third-order valence-electron chi connectivity index (χ3n) is 3.32. The molecule has 0 spiro atoms. The fourth-order valence-corrected chi connectivity index (χ4v) is 1.88. The highest BCUT2D eigenvalue weighted by atomic mass is 16.5. The smallest absolute Gasteiger partial charge is 0.260 e. The third-order valence-corrected chi connectivity index (χ3v) is 3.32. The molecule has 1 aromatic carbocycles. The van der Waals surface area contributed by atoms with E-state index in [2.05, 4.69) is 5.32 Å². The van der Waals surface area contributed by atoms with Crippen LogP contribution in [0.15, 0.2) is 18.2 Å². The first kappa shape index (κ1) is 13.9. The van der Waals surface area contributed by atoms with Crippen molar-refractivity contribution in [2.24, 2.45) is 5.73 Å². The highest BCUT2D eigenvalue weighted by Gasteiger charge is 2.26. The van der Waals surface area contributed by atoms with Crippen molar-refractivity contribution in [3.05, 3.63) is 29.3 Å². The van der Waals surface area contributed by atoms with E-state index in [0.29, 0.717) is 6.04 Å². The predicted molar refractivity (Wildman–Crippen MR) is 75.0 cm³/mol. The molecule has 1 saturated carbocycles. The van der Waals surface area contributed by atoms with Gasteiger partial charge in [-0.2, -0.15) is 0 Å². The van der Waals surface area contributed by atoms with Gasteiger partial charge in [0.15, 0.2) is 6.10 Å². The number of ether oxygens (including phenoxy) is 1. The number of nitrogens with two attached hydrogens (primary N) is 1. The quantitative estimate of drug-likeness (QED) is 0.853. The Morgan fingerprint density at radius 1 is 1.42 bits per heavy atom. The van der Waals surface area contributed by atoms with Crippen molar-refractivity contribution in [1.29, 1.82) is 0 Å². The predicted octanol–water partition coefficient (Wildman–Crippen LogP) is 2.06. The molecule has 2 rings (SSSR count). The molecule has 1 aliphatic rings. The number of rotatable bonds is 5. The van der Waals surface area contributed by atoms with E-state index in [1.807, 2.05) is 32.0 Å². The van der Waals surface area contributed by atoms with Gasteiger partial charge in [-0.05, 0) is 50.8 Å². The summed E-state index contributed by atoms with van der Waals surface area (Å²) in [5.41, 5.74) is 7.91. The van der Waals surface area contributed by atoms with Gasteiger partial charge in [0.1, 0.15) is 5.75 Å². The van der Waals surface area contributed by atoms with E-state index in [-0.39, 0.29) is 11.9 Å². The molecule has 0 radical (unpaired) electrons. The molecule has 3 N–H and O–H groups in total. The third kappa shape index (κ3) is 3.70. The zero-order chi connectivity index (χ0) is 14.0. The molecule has 1 amide bonds. The highest BCUT2D eigenvalue weighted by molar-refractivity contribution is 5.81. The Morgan fingerprint density at radius 2 is 2.11 bits per heavy atom. The van der Waals surface area contributed by atoms with Crippen LogP contribution in [-0.4, -0.2) is 18.1 Å². The molecule has 4 nitrogen and oxygen atoms in total. The van der Waals surface area contributed by atoms with Crippen molar-refractivity contribution in [3.8, 4) is 5.75 Å². The number of hydrogen-bond acceptors (Lipinski definition) is 3. The van der Waals surface area contributed by atoms with Gasteiger partial charge in [-0.1, -0.05) is 12.1 Å². The van der Waals surface area contributed by atoms with E-state index >= 15 is 0 Å². The lowest BCUT2D eigenvalue weighted by atomic mass is 10.1. The summed E-state index contributed by atoms with van der Waals surface area (Å²) in [4.78, 5) is 11.8. The molecular weight excluding hydrogens is 240 g/mol. The Kier molecular flexibility index (Phi) is 4.10. The Hall–Kier alpha value is -1.55. The molecule has 0 aliphatic heterocycles. The minimum absolute atomic E-state index is 0.00309. The van der Waals surface area contributed by atoms with Crippen LogP contribution in [0, 0.1) is 6.92 Å². The summed E-state index contributed by atoms with van der Waals surface area (Å²) >= 11 is 0. The minimum Gasteiger partial charge on any atom is -0.481 e. The Bertz CT molecular complexity index is 467. The van der Waals surface area contributed by atoms with E-state index < -0.39 is 6.10 Å². The van der Waals surface area contributed by atoms with Crippen LogP contribution in [0.1, 0.15) is 43.9 Å². The normalized spacial score (nSPS) is 17.7. The molecule has 1 aromatic rings. The van der Waals surface area contributed by atoms with Crippen LogP contribution >= 0.6 is 0 Å². The molecule has 104 valence electrons. The van der Waals surface area contributed by atoms with E-state index in [0.717, 1.165) is 29.7 Å². The molecule has 0 aromatic heterocycles. The summed E-state index contributed by atoms with van der Waals surface area (Å²) in [5.74, 6) is 0.695. The van der Waals surface area contributed by atoms with Crippen LogP contribution < -0.4 is 15.8 Å². The molecule has 4 heteroatoms. The lowest BCUT2D eigenvalue weighted by Crippen LogP contribution is -2.37. The molecule has 0 saturated heterocycles. The van der Waals surface area contributed by atoms with Crippen LogP contribution in [0.4, 0.5) is 0 Å². The highest BCUT2D eigenvalue weighted by Crippen LogP contribution is 2.23. The van der Waals surface area contributed by atoms with Crippen molar-refractivity contribution in [3.63, 3.8) is 0 Å². The minimum atomic E-state index is -0.472. The van der Waals surface area contributed by atoms with Gasteiger partial charge in [-0.3, -0.25) is 4.79 Å². The van der Waals surface area contributed by atoms with Crippen LogP contribution in [0.3, 0.4) is 0 Å². The zero-order valence-electron chi connectivity index (χ0n) is 11.8. The summed E-state index contributed by atoms with van der Waals surface area (Å²) in [5, 5.41) is 2.94. The maximum absolute atomic E-state index is 11.8. The summed E-state index contributed by atoms with van der Waals surface area (Å²) in [7, 11) is 0. The first-order valence-electron chi connectivity index (χ1n) is 6.80. The maximum Gasteiger partial charge on any atom is 0.260 e. The Balaban J connectivity index is 1.99. The summed E-state index contributed by atoms with van der Waals surface area (Å²) in [6.45, 7) is 5.68. The lowest BCUT2D eigenvalue weighted by molar-refractivity contribution is -0.127. The fraction of sp³-hybridized carbons (Fsp3) is 0.533. The molecule has 2 atom stereocenters. The van der Waals surface area contributed by atoms with Crippen molar-refractivity contribution >= 4 is 5.91 Å². The standard InChI is InChI=1S/C15H22N2O2/c1-9-8-12(10(2)16)4-7-14(9)19-11(3)15(18)17-13-5-6-13/h4,7-8,10-11,13H,5-6,16H2,1-3H3,(H,17,18)/t10-,11?/m1/s1. The molecule has 1 fully saturated rings. The van der Waals surface area contributed by atoms with Gasteiger partial charge in [-0.25, -0.2) is 0 Å². The van der Waals surface area contributed by atoms with E-state index in [1.165, 1.54) is 0 Å². The number of nitrogens with one attached hydrogen (secondary N) is 1. The Labute approximate surface area is 114 Å². The van der Waals surface area contributed by atoms with Crippen LogP contribution in [0.5, 0.6) is 5.75 Å². The molecular formula is C15H22N2O2. The van der Waals surface area contributed by atoms with E-state index in [9.17, 15) is 4.79 Å². The van der Waals surface area contributed by atoms with Crippen molar-refractivity contribution in [1.82, 2.24) is 5.32 Å². The number of hydrogen-bond donors (Lipinski definition) is 2. The molecule has 0 bridgehead atoms. The van der Waals surface area contributed by atoms with E-state index in [1.54, 1.807) is 6.92 Å². The molecule has 19 heavy (non-hydrogen) atoms. The number of benzene rings is 1. The van der Waals surface area contributed by atoms with E-state index in [4.69, 9.17) is 10.5 Å². The number of carbonyl (C=O) groups is 1. The first-order chi connectivity index (χ1) is 8.97. The van der Waals surface area contributed by atoms with Gasteiger partial charge in [-0.15, -0.1) is 0 Å². The van der Waals surface area contributed by atoms with Gasteiger partial charge >= 0.3 is 0 Å². The number of aryl methyl sites for hydroxylation is 1. The zero-order valence-corrected chi connectivity index (χ0v) is 11.8. The lowest BCUT2D eigenvalue weighted by Gasteiger charge is -2.17. The van der Waals surface area contributed by atoms with Crippen LogP contribution in [0.2, 0.25) is 0 Å². The summed E-state index contributed by atoms with van der Waals surface area (Å²) < 4.78 is 5.72. The number of amides is 1. The van der Waals surface area contributed by atoms with Crippen molar-refractivity contribution in [2.75, 3.05) is 0 Å². The average molecular weight is 262 g/mol. The van der Waals surface area contributed by atoms with Gasteiger partial charge in [0.25, 0.3) is 5.91 Å². The molecule has 1 unspecified atom stereocenters. The van der Waals surface area contributed by atoms with Crippen LogP contribution in [0.25, 0.3) is 0 Å². The summed E-state index contributed by atoms with van der Waals surface area (Å²) in [6.07, 6.45) is 1.70. The monoisotopic (exact) mass is 262 g/mol. The second kappa shape index (κ2) is 5.61. The van der Waals surface area contributed by atoms with Crippen LogP contribution in [-0.2, 0) is 4.79 Å². The van der Waals surface area contributed by atoms with Gasteiger partial charge in [0, 0.05) is 12.1 Å². The second-order valence-electron chi connectivity index (χ2n) is 5.36. The van der Waals surface area contributed by atoms with Crippen molar-refractivity contribution < 1.29 is 9.53 Å². The fourth-order valence-electron chi connectivity index (χ4n) is 1.88. The van der Waals surface area contributed by atoms with Gasteiger partial charge in [0.2, 0.25) is 0 Å².